The summed E-state index contributed by atoms with van der Waals surface area (Å²) < 4.78 is 0. The van der Waals surface area contributed by atoms with Gasteiger partial charge >= 0.3 is 11.9 Å². The fourth-order valence-electron chi connectivity index (χ4n) is 4.41. The summed E-state index contributed by atoms with van der Waals surface area (Å²) in [7, 11) is 0. The molecule has 0 spiro atoms. The molecule has 25 heavy (non-hydrogen) atoms. The van der Waals surface area contributed by atoms with Crippen LogP contribution in [0.15, 0.2) is 0 Å². The number of hydrogen-bond donors (Lipinski definition) is 2. The Kier molecular flexibility index (Phi) is 11.8. The summed E-state index contributed by atoms with van der Waals surface area (Å²) in [4.78, 5) is 23.6. The van der Waals surface area contributed by atoms with Crippen LogP contribution in [0.5, 0.6) is 0 Å². The van der Waals surface area contributed by atoms with Crippen molar-refractivity contribution in [2.24, 2.45) is 10.8 Å². The van der Waals surface area contributed by atoms with E-state index < -0.39 is 22.8 Å². The van der Waals surface area contributed by atoms with Crippen LogP contribution >= 0.6 is 0 Å². The molecular weight excluding hydrogens is 316 g/mol. The minimum Gasteiger partial charge on any atom is -0.481 e. The van der Waals surface area contributed by atoms with E-state index in [-0.39, 0.29) is 0 Å². The summed E-state index contributed by atoms with van der Waals surface area (Å²) in [5, 5.41) is 19.4. The van der Waals surface area contributed by atoms with Crippen molar-refractivity contribution in [1.82, 2.24) is 0 Å². The fraction of sp³-hybridized carbons (Fsp3) is 0.905. The Morgan fingerprint density at radius 2 is 0.840 bits per heavy atom. The molecule has 0 atom stereocenters. The highest BCUT2D eigenvalue weighted by molar-refractivity contribution is 5.75. The van der Waals surface area contributed by atoms with E-state index in [1.54, 1.807) is 0 Å². The first-order valence-electron chi connectivity index (χ1n) is 10.3. The molecule has 0 fully saturated rings. The molecule has 0 heterocycles. The standard InChI is InChI=1S/C21H40O4/c1-5-12-20(13-6-2,18(22)23)16-10-9-11-17-21(14-7-3,15-8-4)19(24)25/h5-17H2,1-4H3,(H,22,23)(H,24,25). The van der Waals surface area contributed by atoms with E-state index >= 15 is 0 Å². The van der Waals surface area contributed by atoms with E-state index in [4.69, 9.17) is 0 Å². The second-order valence-corrected chi connectivity index (χ2v) is 7.73. The molecule has 0 amide bonds. The number of hydrogen-bond acceptors (Lipinski definition) is 2. The maximum Gasteiger partial charge on any atom is 0.309 e. The van der Waals surface area contributed by atoms with Gasteiger partial charge in [-0.3, -0.25) is 9.59 Å². The van der Waals surface area contributed by atoms with E-state index in [1.165, 1.54) is 0 Å². The van der Waals surface area contributed by atoms with Gasteiger partial charge in [-0.25, -0.2) is 0 Å². The zero-order valence-corrected chi connectivity index (χ0v) is 16.9. The topological polar surface area (TPSA) is 74.6 Å². The lowest BCUT2D eigenvalue weighted by Crippen LogP contribution is -2.31. The molecule has 0 aliphatic heterocycles. The number of rotatable bonds is 16. The lowest BCUT2D eigenvalue weighted by Gasteiger charge is -2.30. The van der Waals surface area contributed by atoms with E-state index in [1.807, 2.05) is 27.7 Å². The molecule has 0 aromatic heterocycles. The largest absolute Gasteiger partial charge is 0.481 e. The first-order valence-corrected chi connectivity index (χ1v) is 10.3. The van der Waals surface area contributed by atoms with Crippen molar-refractivity contribution in [3.05, 3.63) is 0 Å². The zero-order valence-electron chi connectivity index (χ0n) is 16.9. The van der Waals surface area contributed by atoms with Gasteiger partial charge in [0.2, 0.25) is 0 Å². The SMILES string of the molecule is CCCC(CCC)(CCCCCC(CCC)(CCC)C(=O)O)C(=O)O. The minimum atomic E-state index is -0.659. The van der Waals surface area contributed by atoms with Crippen LogP contribution in [-0.2, 0) is 9.59 Å². The average Bonchev–Trinajstić information content (AvgIpc) is 2.54. The van der Waals surface area contributed by atoms with Crippen molar-refractivity contribution in [2.45, 2.75) is 111 Å². The smallest absolute Gasteiger partial charge is 0.309 e. The molecule has 2 N–H and O–H groups in total. The molecule has 4 heteroatoms. The van der Waals surface area contributed by atoms with Crippen LogP contribution in [0.3, 0.4) is 0 Å². The van der Waals surface area contributed by atoms with Crippen molar-refractivity contribution in [3.63, 3.8) is 0 Å². The van der Waals surface area contributed by atoms with Crippen molar-refractivity contribution < 1.29 is 19.8 Å². The Balaban J connectivity index is 4.65. The van der Waals surface area contributed by atoms with Gasteiger partial charge in [-0.15, -0.1) is 0 Å². The molecule has 0 aliphatic carbocycles. The molecule has 0 bridgehead atoms. The lowest BCUT2D eigenvalue weighted by molar-refractivity contribution is -0.151. The maximum atomic E-state index is 11.8. The molecule has 0 radical (unpaired) electrons. The van der Waals surface area contributed by atoms with Crippen LogP contribution in [0.1, 0.15) is 111 Å². The number of unbranched alkanes of at least 4 members (excludes halogenated alkanes) is 2. The highest BCUT2D eigenvalue weighted by atomic mass is 16.4. The summed E-state index contributed by atoms with van der Waals surface area (Å²) in [5.41, 5.74) is -1.17. The first kappa shape index (κ1) is 23.9. The van der Waals surface area contributed by atoms with Crippen molar-refractivity contribution in [1.29, 1.82) is 0 Å². The Morgan fingerprint density at radius 1 is 0.560 bits per heavy atom. The maximum absolute atomic E-state index is 11.8. The monoisotopic (exact) mass is 356 g/mol. The average molecular weight is 357 g/mol. The summed E-state index contributed by atoms with van der Waals surface area (Å²) in [6, 6.07) is 0. The molecule has 0 saturated carbocycles. The van der Waals surface area contributed by atoms with Crippen LogP contribution < -0.4 is 0 Å². The van der Waals surface area contributed by atoms with Crippen LogP contribution in [-0.4, -0.2) is 22.2 Å². The number of carbonyl (C=O) groups is 2. The van der Waals surface area contributed by atoms with Crippen LogP contribution in [0.4, 0.5) is 0 Å². The summed E-state index contributed by atoms with van der Waals surface area (Å²) >= 11 is 0. The van der Waals surface area contributed by atoms with E-state index in [9.17, 15) is 19.8 Å². The van der Waals surface area contributed by atoms with Gasteiger partial charge < -0.3 is 10.2 Å². The lowest BCUT2D eigenvalue weighted by atomic mass is 9.73. The van der Waals surface area contributed by atoms with Gasteiger partial charge in [0.25, 0.3) is 0 Å². The Morgan fingerprint density at radius 3 is 1.04 bits per heavy atom. The third-order valence-corrected chi connectivity index (χ3v) is 5.63. The molecule has 4 nitrogen and oxygen atoms in total. The molecule has 0 aliphatic rings. The molecule has 0 rings (SSSR count). The van der Waals surface area contributed by atoms with Gasteiger partial charge in [-0.05, 0) is 38.5 Å². The highest BCUT2D eigenvalue weighted by Crippen LogP contribution is 2.38. The van der Waals surface area contributed by atoms with Gasteiger partial charge in [-0.2, -0.15) is 0 Å². The Hall–Kier alpha value is -1.06. The predicted octanol–water partition coefficient (Wildman–Crippen LogP) is 6.28. The van der Waals surface area contributed by atoms with Gasteiger partial charge in [0.1, 0.15) is 0 Å². The van der Waals surface area contributed by atoms with Crippen LogP contribution in [0, 0.1) is 10.8 Å². The quantitative estimate of drug-likeness (QED) is 0.319. The van der Waals surface area contributed by atoms with Gasteiger partial charge in [0, 0.05) is 0 Å². The number of carboxylic acid groups (broad SMARTS) is 2. The highest BCUT2D eigenvalue weighted by Gasteiger charge is 2.37. The second-order valence-electron chi connectivity index (χ2n) is 7.73. The minimum absolute atomic E-state index is 0.583. The summed E-state index contributed by atoms with van der Waals surface area (Å²) in [6.07, 6.45) is 10.6. The second kappa shape index (κ2) is 12.3. The Bertz CT molecular complexity index is 341. The molecule has 0 aromatic rings. The van der Waals surface area contributed by atoms with Crippen LogP contribution in [0.25, 0.3) is 0 Å². The van der Waals surface area contributed by atoms with Gasteiger partial charge in [0.15, 0.2) is 0 Å². The molecule has 0 unspecified atom stereocenters. The zero-order chi connectivity index (χ0) is 19.3. The summed E-state index contributed by atoms with van der Waals surface area (Å²) in [6.45, 7) is 8.18. The first-order chi connectivity index (χ1) is 11.8. The van der Waals surface area contributed by atoms with Crippen LogP contribution in [0.2, 0.25) is 0 Å². The van der Waals surface area contributed by atoms with E-state index in [2.05, 4.69) is 0 Å². The molecular formula is C21H40O4. The number of aliphatic carboxylic acids is 2. The molecule has 148 valence electrons. The normalized spacial score (nSPS) is 12.3. The fourth-order valence-corrected chi connectivity index (χ4v) is 4.41. The number of carboxylic acids is 2. The molecule has 0 aromatic carbocycles. The predicted molar refractivity (Wildman–Crippen MR) is 103 cm³/mol. The van der Waals surface area contributed by atoms with E-state index in [0.717, 1.165) is 70.6 Å². The third kappa shape index (κ3) is 7.37. The van der Waals surface area contributed by atoms with Crippen molar-refractivity contribution in [2.75, 3.05) is 0 Å². The van der Waals surface area contributed by atoms with Crippen molar-refractivity contribution >= 4 is 11.9 Å². The van der Waals surface area contributed by atoms with Gasteiger partial charge in [0.05, 0.1) is 10.8 Å². The van der Waals surface area contributed by atoms with E-state index in [0.29, 0.717) is 12.8 Å². The molecule has 0 saturated heterocycles. The van der Waals surface area contributed by atoms with Crippen molar-refractivity contribution in [3.8, 4) is 0 Å². The summed E-state index contributed by atoms with van der Waals surface area (Å²) in [5.74, 6) is -1.32. The Labute approximate surface area is 154 Å². The van der Waals surface area contributed by atoms with Gasteiger partial charge in [-0.1, -0.05) is 72.6 Å². The third-order valence-electron chi connectivity index (χ3n) is 5.63.